The molecule has 1 N–H and O–H groups in total. The number of rotatable bonds is 4. The number of H-pyrrole nitrogens is 1. The number of fused-ring (bicyclic) bond motifs is 5. The second-order valence-electron chi connectivity index (χ2n) is 9.09. The normalized spacial score (nSPS) is 25.7. The third-order valence-corrected chi connectivity index (χ3v) is 7.31. The van der Waals surface area contributed by atoms with E-state index in [1.165, 1.54) is 45.2 Å². The maximum Gasteiger partial charge on any atom is 0.270 e. The van der Waals surface area contributed by atoms with Crippen LogP contribution < -0.4 is 4.74 Å². The van der Waals surface area contributed by atoms with Gasteiger partial charge in [-0.25, -0.2) is 0 Å². The van der Waals surface area contributed by atoms with Gasteiger partial charge in [-0.1, -0.05) is 6.42 Å². The average Bonchev–Trinajstić information content (AvgIpc) is 2.83. The number of hydrogen-bond acceptors (Lipinski definition) is 3. The smallest absolute Gasteiger partial charge is 0.270 e. The Morgan fingerprint density at radius 3 is 2.79 bits per heavy atom. The number of methoxy groups -OCH3 is 1. The number of nitrogens with one attached hydrogen (secondary N) is 1. The third-order valence-electron chi connectivity index (χ3n) is 7.31. The molecule has 3 aliphatic heterocycles. The van der Waals surface area contributed by atoms with Gasteiger partial charge < -0.3 is 14.6 Å². The highest BCUT2D eigenvalue weighted by molar-refractivity contribution is 6.01. The molecule has 3 saturated heterocycles. The van der Waals surface area contributed by atoms with Gasteiger partial charge in [0.15, 0.2) is 0 Å². The second-order valence-corrected chi connectivity index (χ2v) is 9.09. The van der Waals surface area contributed by atoms with Gasteiger partial charge in [0.2, 0.25) is 0 Å². The minimum absolute atomic E-state index is 0.162. The van der Waals surface area contributed by atoms with Crippen LogP contribution in [0.3, 0.4) is 0 Å². The van der Waals surface area contributed by atoms with Crippen LogP contribution in [0.25, 0.3) is 10.9 Å². The van der Waals surface area contributed by atoms with Gasteiger partial charge >= 0.3 is 0 Å². The van der Waals surface area contributed by atoms with E-state index in [-0.39, 0.29) is 5.91 Å². The Labute approximate surface area is 167 Å². The van der Waals surface area contributed by atoms with Gasteiger partial charge in [0.25, 0.3) is 5.91 Å². The second kappa shape index (κ2) is 7.11. The molecule has 4 aliphatic rings. The van der Waals surface area contributed by atoms with Crippen LogP contribution in [-0.2, 0) is 0 Å². The minimum Gasteiger partial charge on any atom is -0.497 e. The lowest BCUT2D eigenvalue weighted by atomic mass is 9.83. The summed E-state index contributed by atoms with van der Waals surface area (Å²) in [7, 11) is 1.68. The first-order chi connectivity index (χ1) is 13.6. The Kier molecular flexibility index (Phi) is 4.58. The molecule has 1 aromatic carbocycles. The van der Waals surface area contributed by atoms with Crippen LogP contribution in [0.1, 0.15) is 48.2 Å². The van der Waals surface area contributed by atoms with Crippen LogP contribution in [0.15, 0.2) is 18.2 Å². The van der Waals surface area contributed by atoms with Gasteiger partial charge in [0.05, 0.1) is 7.11 Å². The molecule has 5 nitrogen and oxygen atoms in total. The van der Waals surface area contributed by atoms with Crippen molar-refractivity contribution in [3.63, 3.8) is 0 Å². The zero-order valence-electron chi connectivity index (χ0n) is 17.0. The van der Waals surface area contributed by atoms with Gasteiger partial charge in [0, 0.05) is 43.1 Å². The number of aromatic amines is 1. The van der Waals surface area contributed by atoms with Crippen LogP contribution in [-0.4, -0.2) is 60.0 Å². The summed E-state index contributed by atoms with van der Waals surface area (Å²) in [5.74, 6) is 2.50. The van der Waals surface area contributed by atoms with Crippen molar-refractivity contribution in [1.29, 1.82) is 0 Å². The molecule has 2 atom stereocenters. The molecule has 0 spiro atoms. The van der Waals surface area contributed by atoms with E-state index < -0.39 is 0 Å². The van der Waals surface area contributed by atoms with Crippen molar-refractivity contribution in [2.45, 2.75) is 45.1 Å². The van der Waals surface area contributed by atoms with Crippen LogP contribution >= 0.6 is 0 Å². The molecule has 5 heteroatoms. The predicted octanol–water partition coefficient (Wildman–Crippen LogP) is 3.82. The molecule has 1 aliphatic carbocycles. The summed E-state index contributed by atoms with van der Waals surface area (Å²) in [4.78, 5) is 21.7. The number of aromatic nitrogens is 1. The number of nitrogens with zero attached hydrogens (tertiary/aromatic N) is 2. The van der Waals surface area contributed by atoms with E-state index in [4.69, 9.17) is 4.74 Å². The average molecular weight is 382 g/mol. The summed E-state index contributed by atoms with van der Waals surface area (Å²) in [5, 5.41) is 1.08. The highest BCUT2D eigenvalue weighted by Crippen LogP contribution is 2.34. The Bertz CT molecular complexity index is 885. The molecule has 1 aromatic heterocycles. The summed E-state index contributed by atoms with van der Waals surface area (Å²) >= 11 is 0. The number of ether oxygens (including phenoxy) is 1. The van der Waals surface area contributed by atoms with E-state index in [9.17, 15) is 4.79 Å². The summed E-state index contributed by atoms with van der Waals surface area (Å²) in [6, 6.07) is 6.50. The van der Waals surface area contributed by atoms with E-state index in [2.05, 4.69) is 14.8 Å². The topological polar surface area (TPSA) is 48.6 Å². The van der Waals surface area contributed by atoms with Crippen molar-refractivity contribution in [2.24, 2.45) is 11.8 Å². The molecule has 0 radical (unpaired) electrons. The molecule has 2 aromatic rings. The SMILES string of the molecule is COc1ccc2[nH]c(C(=O)N3C[C@@H]4CC[C@H](C3)N(CC3CCC3)C4)c(C)c2c1. The lowest BCUT2D eigenvalue weighted by Crippen LogP contribution is -2.47. The van der Waals surface area contributed by atoms with Crippen LogP contribution in [0, 0.1) is 18.8 Å². The standard InChI is InChI=1S/C23H31N3O2/c1-15-20-10-19(28-2)8-9-21(20)24-22(15)23(27)26-13-17-6-7-18(14-26)25(12-17)11-16-4-3-5-16/h8-10,16-18,24H,3-7,11-14H2,1-2H3/t17-,18-/m1/s1. The Morgan fingerprint density at radius 2 is 2.04 bits per heavy atom. The molecule has 0 unspecified atom stereocenters. The van der Waals surface area contributed by atoms with E-state index in [1.807, 2.05) is 25.1 Å². The molecule has 28 heavy (non-hydrogen) atoms. The fourth-order valence-electron chi connectivity index (χ4n) is 5.38. The number of carbonyl (C=O) groups excluding carboxylic acids is 1. The van der Waals surface area contributed by atoms with Crippen molar-refractivity contribution >= 4 is 16.8 Å². The number of carbonyl (C=O) groups is 1. The number of hydrogen-bond donors (Lipinski definition) is 1. The third kappa shape index (κ3) is 3.10. The van der Waals surface area contributed by atoms with Crippen molar-refractivity contribution in [1.82, 2.24) is 14.8 Å². The monoisotopic (exact) mass is 381 g/mol. The largest absolute Gasteiger partial charge is 0.497 e. The summed E-state index contributed by atoms with van der Waals surface area (Å²) in [5.41, 5.74) is 2.78. The summed E-state index contributed by atoms with van der Waals surface area (Å²) in [6.45, 7) is 6.23. The molecule has 150 valence electrons. The molecule has 1 amide bonds. The highest BCUT2D eigenvalue weighted by Gasteiger charge is 2.38. The number of aryl methyl sites for hydroxylation is 1. The lowest BCUT2D eigenvalue weighted by molar-refractivity contribution is 0.0712. The number of piperidine rings is 1. The van der Waals surface area contributed by atoms with Crippen molar-refractivity contribution < 1.29 is 9.53 Å². The fourth-order valence-corrected chi connectivity index (χ4v) is 5.38. The maximum absolute atomic E-state index is 13.5. The van der Waals surface area contributed by atoms with Gasteiger partial charge in [-0.2, -0.15) is 0 Å². The first kappa shape index (κ1) is 18.0. The van der Waals surface area contributed by atoms with Gasteiger partial charge in [-0.05, 0) is 68.2 Å². The van der Waals surface area contributed by atoms with E-state index in [1.54, 1.807) is 7.11 Å². The Balaban J connectivity index is 1.38. The summed E-state index contributed by atoms with van der Waals surface area (Å²) < 4.78 is 5.36. The molecule has 2 bridgehead atoms. The number of benzene rings is 1. The summed E-state index contributed by atoms with van der Waals surface area (Å²) in [6.07, 6.45) is 6.70. The maximum atomic E-state index is 13.5. The van der Waals surface area contributed by atoms with Gasteiger partial charge in [-0.15, -0.1) is 0 Å². The first-order valence-corrected chi connectivity index (χ1v) is 10.8. The van der Waals surface area contributed by atoms with Crippen molar-refractivity contribution in [2.75, 3.05) is 33.3 Å². The predicted molar refractivity (Wildman–Crippen MR) is 111 cm³/mol. The Hall–Kier alpha value is -2.01. The molecule has 6 rings (SSSR count). The van der Waals surface area contributed by atoms with Crippen LogP contribution in [0.4, 0.5) is 0 Å². The lowest BCUT2D eigenvalue weighted by Gasteiger charge is -2.40. The van der Waals surface area contributed by atoms with E-state index in [0.29, 0.717) is 12.0 Å². The van der Waals surface area contributed by atoms with E-state index >= 15 is 0 Å². The molecular formula is C23H31N3O2. The quantitative estimate of drug-likeness (QED) is 0.876. The molecule has 4 fully saturated rings. The van der Waals surface area contributed by atoms with Crippen molar-refractivity contribution in [3.05, 3.63) is 29.5 Å². The molecule has 4 heterocycles. The van der Waals surface area contributed by atoms with E-state index in [0.717, 1.165) is 46.9 Å². The van der Waals surface area contributed by atoms with Crippen molar-refractivity contribution in [3.8, 4) is 5.75 Å². The zero-order valence-corrected chi connectivity index (χ0v) is 17.0. The molecular weight excluding hydrogens is 350 g/mol. The number of amides is 1. The van der Waals surface area contributed by atoms with Gasteiger partial charge in [0.1, 0.15) is 11.4 Å². The molecule has 1 saturated carbocycles. The Morgan fingerprint density at radius 1 is 1.18 bits per heavy atom. The minimum atomic E-state index is 0.162. The van der Waals surface area contributed by atoms with Gasteiger partial charge in [-0.3, -0.25) is 9.69 Å². The fraction of sp³-hybridized carbons (Fsp3) is 0.609. The highest BCUT2D eigenvalue weighted by atomic mass is 16.5. The zero-order chi connectivity index (χ0) is 19.3. The van der Waals surface area contributed by atoms with Crippen LogP contribution in [0.5, 0.6) is 5.75 Å². The first-order valence-electron chi connectivity index (χ1n) is 10.8. The van der Waals surface area contributed by atoms with Crippen LogP contribution in [0.2, 0.25) is 0 Å².